The number of pyridine rings is 1. The molecule has 0 bridgehead atoms. The molecule has 140 valence electrons. The third-order valence-corrected chi connectivity index (χ3v) is 4.67. The Labute approximate surface area is 163 Å². The van der Waals surface area contributed by atoms with Gasteiger partial charge in [0, 0.05) is 11.9 Å². The number of benzene rings is 2. The van der Waals surface area contributed by atoms with Crippen molar-refractivity contribution in [3.8, 4) is 5.75 Å². The van der Waals surface area contributed by atoms with Gasteiger partial charge in [-0.1, -0.05) is 36.4 Å². The van der Waals surface area contributed by atoms with Crippen molar-refractivity contribution in [2.45, 2.75) is 13.0 Å². The number of carbonyl (C=O) groups excluding carboxylic acids is 1. The Morgan fingerprint density at radius 1 is 1.04 bits per heavy atom. The molecule has 0 N–H and O–H groups in total. The first-order valence-corrected chi connectivity index (χ1v) is 9.14. The molecule has 4 aromatic rings. The highest BCUT2D eigenvalue weighted by molar-refractivity contribution is 5.94. The zero-order valence-electron chi connectivity index (χ0n) is 15.7. The smallest absolute Gasteiger partial charge is 0.231 e. The van der Waals surface area contributed by atoms with E-state index in [1.807, 2.05) is 89.6 Å². The fraction of sp³-hybridized carbons (Fsp3) is 0.130. The molecular weight excluding hydrogens is 350 g/mol. The zero-order chi connectivity index (χ0) is 19.3. The highest BCUT2D eigenvalue weighted by Gasteiger charge is 2.18. The van der Waals surface area contributed by atoms with Crippen LogP contribution in [-0.4, -0.2) is 22.4 Å². The number of aromatic nitrogens is 2. The lowest BCUT2D eigenvalue weighted by Gasteiger charge is -2.23. The van der Waals surface area contributed by atoms with E-state index in [-0.39, 0.29) is 5.91 Å². The quantitative estimate of drug-likeness (QED) is 0.512. The maximum Gasteiger partial charge on any atom is 0.231 e. The van der Waals surface area contributed by atoms with Crippen molar-refractivity contribution in [2.75, 3.05) is 12.0 Å². The maximum absolute atomic E-state index is 13.2. The maximum atomic E-state index is 13.2. The summed E-state index contributed by atoms with van der Waals surface area (Å²) in [5, 5.41) is 0. The summed E-state index contributed by atoms with van der Waals surface area (Å²) < 4.78 is 7.29. The fourth-order valence-corrected chi connectivity index (χ4v) is 3.25. The molecule has 0 radical (unpaired) electrons. The zero-order valence-corrected chi connectivity index (χ0v) is 15.7. The van der Waals surface area contributed by atoms with Gasteiger partial charge in [-0.2, -0.15) is 0 Å². The predicted molar refractivity (Wildman–Crippen MR) is 110 cm³/mol. The SMILES string of the molecule is COc1cccc(CC(=O)N(Cc2cnc3ccccn23)c2ccccc2)c1. The summed E-state index contributed by atoms with van der Waals surface area (Å²) in [6.07, 6.45) is 4.08. The van der Waals surface area contributed by atoms with Gasteiger partial charge in [0.1, 0.15) is 11.4 Å². The van der Waals surface area contributed by atoms with E-state index in [0.717, 1.165) is 28.3 Å². The van der Waals surface area contributed by atoms with Gasteiger partial charge in [-0.25, -0.2) is 4.98 Å². The molecule has 2 aromatic heterocycles. The van der Waals surface area contributed by atoms with Crippen LogP contribution in [0.2, 0.25) is 0 Å². The Morgan fingerprint density at radius 3 is 2.68 bits per heavy atom. The molecule has 0 unspecified atom stereocenters. The molecule has 2 aromatic carbocycles. The highest BCUT2D eigenvalue weighted by atomic mass is 16.5. The number of nitrogens with zero attached hydrogens (tertiary/aromatic N) is 3. The number of anilines is 1. The van der Waals surface area contributed by atoms with E-state index in [2.05, 4.69) is 4.98 Å². The Balaban J connectivity index is 1.64. The van der Waals surface area contributed by atoms with Gasteiger partial charge in [0.25, 0.3) is 0 Å². The van der Waals surface area contributed by atoms with Crippen molar-refractivity contribution >= 4 is 17.2 Å². The molecule has 0 saturated carbocycles. The summed E-state index contributed by atoms with van der Waals surface area (Å²) in [6, 6.07) is 23.2. The molecule has 0 fully saturated rings. The average Bonchev–Trinajstić information content (AvgIpc) is 3.15. The van der Waals surface area contributed by atoms with Crippen molar-refractivity contribution in [1.82, 2.24) is 9.38 Å². The van der Waals surface area contributed by atoms with Gasteiger partial charge in [0.05, 0.1) is 32.0 Å². The molecule has 1 amide bonds. The number of ether oxygens (including phenoxy) is 1. The molecule has 28 heavy (non-hydrogen) atoms. The third kappa shape index (κ3) is 3.74. The number of rotatable bonds is 6. The molecule has 0 aliphatic carbocycles. The molecule has 0 aliphatic heterocycles. The Morgan fingerprint density at radius 2 is 1.86 bits per heavy atom. The number of amides is 1. The molecular formula is C23H21N3O2. The lowest BCUT2D eigenvalue weighted by Crippen LogP contribution is -2.32. The number of methoxy groups -OCH3 is 1. The van der Waals surface area contributed by atoms with Crippen molar-refractivity contribution in [3.63, 3.8) is 0 Å². The molecule has 5 heteroatoms. The Hall–Kier alpha value is -3.60. The first kappa shape index (κ1) is 17.8. The standard InChI is InChI=1S/C23H21N3O2/c1-28-21-11-7-8-18(14-21)15-23(27)26(19-9-3-2-4-10-19)17-20-16-24-22-12-5-6-13-25(20)22/h2-14,16H,15,17H2,1H3. The van der Waals surface area contributed by atoms with Gasteiger partial charge in [-0.05, 0) is 42.0 Å². The van der Waals surface area contributed by atoms with Crippen LogP contribution in [-0.2, 0) is 17.8 Å². The number of hydrogen-bond donors (Lipinski definition) is 0. The normalized spacial score (nSPS) is 10.8. The summed E-state index contributed by atoms with van der Waals surface area (Å²) >= 11 is 0. The minimum Gasteiger partial charge on any atom is -0.497 e. The second-order valence-corrected chi connectivity index (χ2v) is 6.52. The molecule has 4 rings (SSSR count). The van der Waals surface area contributed by atoms with Crippen molar-refractivity contribution in [3.05, 3.63) is 96.4 Å². The molecule has 0 atom stereocenters. The number of hydrogen-bond acceptors (Lipinski definition) is 3. The van der Waals surface area contributed by atoms with E-state index in [4.69, 9.17) is 4.74 Å². The molecule has 2 heterocycles. The van der Waals surface area contributed by atoms with Crippen molar-refractivity contribution < 1.29 is 9.53 Å². The van der Waals surface area contributed by atoms with Gasteiger partial charge in [-0.15, -0.1) is 0 Å². The van der Waals surface area contributed by atoms with Crippen LogP contribution in [0.3, 0.4) is 0 Å². The second-order valence-electron chi connectivity index (χ2n) is 6.52. The number of imidazole rings is 1. The summed E-state index contributed by atoms with van der Waals surface area (Å²) in [7, 11) is 1.63. The van der Waals surface area contributed by atoms with Crippen LogP contribution < -0.4 is 9.64 Å². The van der Waals surface area contributed by atoms with Crippen LogP contribution in [0.25, 0.3) is 5.65 Å². The molecule has 0 aliphatic rings. The van der Waals surface area contributed by atoms with Crippen LogP contribution in [0.5, 0.6) is 5.75 Å². The summed E-state index contributed by atoms with van der Waals surface area (Å²) in [5.74, 6) is 0.767. The van der Waals surface area contributed by atoms with E-state index >= 15 is 0 Å². The minimum absolute atomic E-state index is 0.0188. The van der Waals surface area contributed by atoms with Crippen LogP contribution in [0, 0.1) is 0 Å². The first-order chi connectivity index (χ1) is 13.7. The highest BCUT2D eigenvalue weighted by Crippen LogP contribution is 2.20. The number of para-hydroxylation sites is 1. The average molecular weight is 371 g/mol. The van der Waals surface area contributed by atoms with Crippen molar-refractivity contribution in [1.29, 1.82) is 0 Å². The van der Waals surface area contributed by atoms with Gasteiger partial charge < -0.3 is 14.0 Å². The van der Waals surface area contributed by atoms with E-state index in [1.54, 1.807) is 12.0 Å². The Kier molecular flexibility index (Phi) is 5.06. The number of fused-ring (bicyclic) bond motifs is 1. The summed E-state index contributed by atoms with van der Waals surface area (Å²) in [4.78, 5) is 19.5. The molecule has 5 nitrogen and oxygen atoms in total. The van der Waals surface area contributed by atoms with E-state index in [1.165, 1.54) is 0 Å². The van der Waals surface area contributed by atoms with E-state index < -0.39 is 0 Å². The third-order valence-electron chi connectivity index (χ3n) is 4.67. The van der Waals surface area contributed by atoms with Gasteiger partial charge in [0.2, 0.25) is 5.91 Å². The van der Waals surface area contributed by atoms with E-state index in [9.17, 15) is 4.79 Å². The molecule has 0 spiro atoms. The summed E-state index contributed by atoms with van der Waals surface area (Å²) in [6.45, 7) is 0.442. The van der Waals surface area contributed by atoms with Crippen molar-refractivity contribution in [2.24, 2.45) is 0 Å². The lowest BCUT2D eigenvalue weighted by atomic mass is 10.1. The van der Waals surface area contributed by atoms with E-state index in [0.29, 0.717) is 13.0 Å². The predicted octanol–water partition coefficient (Wildman–Crippen LogP) is 4.12. The Bertz CT molecular complexity index is 1090. The summed E-state index contributed by atoms with van der Waals surface area (Å²) in [5.41, 5.74) is 3.61. The van der Waals surface area contributed by atoms with Crippen LogP contribution in [0.1, 0.15) is 11.3 Å². The van der Waals surface area contributed by atoms with Gasteiger partial charge in [-0.3, -0.25) is 4.79 Å². The lowest BCUT2D eigenvalue weighted by molar-refractivity contribution is -0.118. The minimum atomic E-state index is 0.0188. The van der Waals surface area contributed by atoms with Crippen LogP contribution >= 0.6 is 0 Å². The van der Waals surface area contributed by atoms with Crippen LogP contribution in [0.15, 0.2) is 85.2 Å². The molecule has 0 saturated heterocycles. The monoisotopic (exact) mass is 371 g/mol. The van der Waals surface area contributed by atoms with Gasteiger partial charge in [0.15, 0.2) is 0 Å². The topological polar surface area (TPSA) is 46.8 Å². The van der Waals surface area contributed by atoms with Gasteiger partial charge >= 0.3 is 0 Å². The largest absolute Gasteiger partial charge is 0.497 e. The van der Waals surface area contributed by atoms with Crippen LogP contribution in [0.4, 0.5) is 5.69 Å². The second kappa shape index (κ2) is 7.96. The first-order valence-electron chi connectivity index (χ1n) is 9.14. The fourth-order valence-electron chi connectivity index (χ4n) is 3.25. The number of carbonyl (C=O) groups is 1.